The third-order valence-electron chi connectivity index (χ3n) is 1.15. The normalized spacial score (nSPS) is 20.1. The molecule has 0 aromatic rings. The van der Waals surface area contributed by atoms with Crippen molar-refractivity contribution in [2.75, 3.05) is 14.1 Å². The number of nitrogens with zero attached hydrogens (tertiary/aromatic N) is 3. The lowest BCUT2D eigenvalue weighted by molar-refractivity contribution is -0.269. The molecule has 1 aliphatic heterocycles. The maximum absolute atomic E-state index is 10.4. The van der Waals surface area contributed by atoms with Crippen LogP contribution in [0.15, 0.2) is 4.99 Å². The molecule has 0 radical (unpaired) electrons. The van der Waals surface area contributed by atoms with E-state index in [0.29, 0.717) is 5.23 Å². The van der Waals surface area contributed by atoms with Crippen LogP contribution in [0.5, 0.6) is 0 Å². The highest BCUT2D eigenvalue weighted by Crippen LogP contribution is 2.15. The van der Waals surface area contributed by atoms with Crippen molar-refractivity contribution < 1.29 is 17.0 Å². The van der Waals surface area contributed by atoms with E-state index in [1.165, 1.54) is 4.90 Å². The Hall–Kier alpha value is -1.39. The van der Waals surface area contributed by atoms with Crippen LogP contribution in [0.4, 0.5) is 0 Å². The fraction of sp³-hybridized carbons (Fsp3) is 0.500. The van der Waals surface area contributed by atoms with Gasteiger partial charge in [0.1, 0.15) is 0 Å². The molecule has 0 aliphatic carbocycles. The van der Waals surface area contributed by atoms with E-state index < -0.39 is 10.4 Å². The number of guanidine groups is 2. The summed E-state index contributed by atoms with van der Waals surface area (Å²) in [5, 5.41) is 7.63. The van der Waals surface area contributed by atoms with E-state index in [2.05, 4.69) is 13.6 Å². The van der Waals surface area contributed by atoms with Crippen molar-refractivity contribution in [2.24, 2.45) is 10.7 Å². The minimum absolute atomic E-state index is 0.168. The fourth-order valence-electron chi connectivity index (χ4n) is 0.497. The molecule has 1 saturated heterocycles. The second kappa shape index (κ2) is 3.40. The van der Waals surface area contributed by atoms with Crippen LogP contribution in [0.1, 0.15) is 0 Å². The van der Waals surface area contributed by atoms with Gasteiger partial charge in [0.2, 0.25) is 5.96 Å². The molecule has 1 fully saturated rings. The first kappa shape index (κ1) is 10.7. The summed E-state index contributed by atoms with van der Waals surface area (Å²) in [6.07, 6.45) is 0. The maximum Gasteiger partial charge on any atom is 0.446 e. The molecule has 10 heteroatoms. The van der Waals surface area contributed by atoms with Gasteiger partial charge in [-0.3, -0.25) is 5.41 Å². The SMILES string of the molecule is CN(C)C(=N)/N=C(\N)N1OS(=O)(=O)O1. The van der Waals surface area contributed by atoms with Crippen LogP contribution in [0, 0.1) is 5.41 Å². The van der Waals surface area contributed by atoms with E-state index in [4.69, 9.17) is 11.1 Å². The van der Waals surface area contributed by atoms with Crippen molar-refractivity contribution >= 4 is 22.3 Å². The molecule has 0 amide bonds. The van der Waals surface area contributed by atoms with Gasteiger partial charge in [0.25, 0.3) is 5.96 Å². The predicted molar refractivity (Wildman–Crippen MR) is 46.0 cm³/mol. The highest BCUT2D eigenvalue weighted by molar-refractivity contribution is 7.82. The highest BCUT2D eigenvalue weighted by Gasteiger charge is 2.37. The predicted octanol–water partition coefficient (Wildman–Crippen LogP) is -1.78. The van der Waals surface area contributed by atoms with Gasteiger partial charge >= 0.3 is 10.4 Å². The molecular formula is C4H9N5O4S. The average molecular weight is 223 g/mol. The van der Waals surface area contributed by atoms with Crippen LogP contribution < -0.4 is 5.73 Å². The summed E-state index contributed by atoms with van der Waals surface area (Å²) in [4.78, 5) is 4.84. The van der Waals surface area contributed by atoms with Crippen molar-refractivity contribution in [3.05, 3.63) is 0 Å². The third kappa shape index (κ3) is 2.31. The zero-order chi connectivity index (χ0) is 10.9. The largest absolute Gasteiger partial charge is 0.446 e. The number of nitrogens with one attached hydrogen (secondary N) is 1. The molecule has 0 aromatic heterocycles. The van der Waals surface area contributed by atoms with Gasteiger partial charge in [0.05, 0.1) is 0 Å². The fourth-order valence-corrected chi connectivity index (χ4v) is 0.993. The third-order valence-corrected chi connectivity index (χ3v) is 1.79. The molecule has 1 heterocycles. The minimum atomic E-state index is -3.95. The lowest BCUT2D eigenvalue weighted by atomic mass is 10.8. The zero-order valence-electron chi connectivity index (χ0n) is 7.46. The Morgan fingerprint density at radius 2 is 2.00 bits per heavy atom. The Kier molecular flexibility index (Phi) is 2.59. The smallest absolute Gasteiger partial charge is 0.366 e. The monoisotopic (exact) mass is 223 g/mol. The first-order chi connectivity index (χ1) is 6.32. The van der Waals surface area contributed by atoms with Crippen molar-refractivity contribution in [1.29, 1.82) is 5.41 Å². The Balaban J connectivity index is 2.60. The molecule has 80 valence electrons. The van der Waals surface area contributed by atoms with E-state index in [1.807, 2.05) is 0 Å². The van der Waals surface area contributed by atoms with Crippen molar-refractivity contribution in [2.45, 2.75) is 0 Å². The number of aliphatic imine (C=N–C) groups is 1. The maximum atomic E-state index is 10.4. The lowest BCUT2D eigenvalue weighted by Crippen LogP contribution is -2.49. The van der Waals surface area contributed by atoms with E-state index in [9.17, 15) is 8.42 Å². The van der Waals surface area contributed by atoms with Gasteiger partial charge < -0.3 is 10.6 Å². The van der Waals surface area contributed by atoms with Gasteiger partial charge in [-0.1, -0.05) is 13.8 Å². The van der Waals surface area contributed by atoms with Gasteiger partial charge in [0.15, 0.2) is 0 Å². The number of nitrogens with two attached hydrogens (primary N) is 1. The van der Waals surface area contributed by atoms with Gasteiger partial charge in [-0.05, 0) is 0 Å². The second-order valence-corrected chi connectivity index (χ2v) is 3.62. The highest BCUT2D eigenvalue weighted by atomic mass is 32.3. The van der Waals surface area contributed by atoms with Gasteiger partial charge in [0, 0.05) is 14.1 Å². The van der Waals surface area contributed by atoms with Crippen LogP contribution in [-0.4, -0.2) is 44.6 Å². The molecule has 1 aliphatic rings. The molecule has 0 spiro atoms. The summed E-state index contributed by atoms with van der Waals surface area (Å²) in [6.45, 7) is 0. The molecule has 0 saturated carbocycles. The summed E-state index contributed by atoms with van der Waals surface area (Å²) < 4.78 is 28.9. The molecule has 0 atom stereocenters. The molecule has 14 heavy (non-hydrogen) atoms. The lowest BCUT2D eigenvalue weighted by Gasteiger charge is -2.26. The number of hydroxylamine groups is 2. The van der Waals surface area contributed by atoms with Crippen molar-refractivity contribution in [3.63, 3.8) is 0 Å². The Labute approximate surface area is 80.4 Å². The van der Waals surface area contributed by atoms with Crippen molar-refractivity contribution in [1.82, 2.24) is 10.1 Å². The van der Waals surface area contributed by atoms with Gasteiger partial charge in [-0.15, -0.1) is 0 Å². The molecular weight excluding hydrogens is 214 g/mol. The first-order valence-corrected chi connectivity index (χ1v) is 4.69. The van der Waals surface area contributed by atoms with Crippen LogP contribution in [0.3, 0.4) is 0 Å². The first-order valence-electron chi connectivity index (χ1n) is 3.36. The standard InChI is InChI=1S/C4H9N5O4S/c1-8(2)3(5)7-4(6)9-12-14(10,11)13-9/h1-2H3,(H3,5,6,7). The quantitative estimate of drug-likeness (QED) is 0.367. The topological polar surface area (TPSA) is 121 Å². The summed E-state index contributed by atoms with van der Waals surface area (Å²) in [7, 11) is -0.797. The van der Waals surface area contributed by atoms with Gasteiger partial charge in [-0.2, -0.15) is 13.4 Å². The molecule has 1 rings (SSSR count). The summed E-state index contributed by atoms with van der Waals surface area (Å²) in [6, 6.07) is 0. The molecule has 0 unspecified atom stereocenters. The number of hydrogen-bond donors (Lipinski definition) is 2. The molecule has 0 aromatic carbocycles. The van der Waals surface area contributed by atoms with Gasteiger partial charge in [-0.25, -0.2) is 0 Å². The number of rotatable bonds is 0. The molecule has 0 bridgehead atoms. The van der Waals surface area contributed by atoms with Crippen LogP contribution in [0.25, 0.3) is 0 Å². The summed E-state index contributed by atoms with van der Waals surface area (Å²) in [5.74, 6) is -0.544. The van der Waals surface area contributed by atoms with Crippen LogP contribution in [0.2, 0.25) is 0 Å². The Morgan fingerprint density at radius 3 is 2.36 bits per heavy atom. The summed E-state index contributed by atoms with van der Waals surface area (Å²) >= 11 is 0. The Morgan fingerprint density at radius 1 is 1.50 bits per heavy atom. The minimum Gasteiger partial charge on any atom is -0.366 e. The summed E-state index contributed by atoms with van der Waals surface area (Å²) in [5.41, 5.74) is 5.23. The van der Waals surface area contributed by atoms with E-state index in [-0.39, 0.29) is 11.9 Å². The zero-order valence-corrected chi connectivity index (χ0v) is 8.28. The average Bonchev–Trinajstić information content (AvgIpc) is 1.99. The number of hydrogen-bond acceptors (Lipinski definition) is 5. The Bertz CT molecular complexity index is 361. The van der Waals surface area contributed by atoms with E-state index >= 15 is 0 Å². The van der Waals surface area contributed by atoms with Crippen molar-refractivity contribution in [3.8, 4) is 0 Å². The molecule has 3 N–H and O–H groups in total. The second-order valence-electron chi connectivity index (χ2n) is 2.50. The van der Waals surface area contributed by atoms with E-state index in [1.54, 1.807) is 14.1 Å². The molecule has 9 nitrogen and oxygen atoms in total. The van der Waals surface area contributed by atoms with E-state index in [0.717, 1.165) is 0 Å². The van der Waals surface area contributed by atoms with Crippen LogP contribution >= 0.6 is 0 Å². The van der Waals surface area contributed by atoms with Crippen LogP contribution in [-0.2, 0) is 19.0 Å².